The average Bonchev–Trinajstić information content (AvgIpc) is 3.11. The summed E-state index contributed by atoms with van der Waals surface area (Å²) in [6.07, 6.45) is 44.9. The van der Waals surface area contributed by atoms with Crippen molar-refractivity contribution in [3.63, 3.8) is 0 Å². The van der Waals surface area contributed by atoms with Gasteiger partial charge in [0.1, 0.15) is 6.10 Å². The Balaban J connectivity index is 4.17. The first kappa shape index (κ1) is 49.8. The minimum Gasteiger partial charge on any atom is -0.379 e. The number of nitrogens with two attached hydrogens (primary N) is 1. The molecular weight excluding hydrogens is 633 g/mol. The molecule has 2 unspecified atom stereocenters. The van der Waals surface area contributed by atoms with Gasteiger partial charge in [0.25, 0.3) is 0 Å². The fourth-order valence-corrected chi connectivity index (χ4v) is 6.42. The Morgan fingerprint density at radius 2 is 0.882 bits per heavy atom. The Morgan fingerprint density at radius 3 is 1.27 bits per heavy atom. The molecule has 0 fully saturated rings. The lowest BCUT2D eigenvalue weighted by atomic mass is 10.1. The van der Waals surface area contributed by atoms with Gasteiger partial charge in [0.15, 0.2) is 6.10 Å². The van der Waals surface area contributed by atoms with Crippen LogP contribution in [0.3, 0.4) is 0 Å². The van der Waals surface area contributed by atoms with Gasteiger partial charge in [-0.1, -0.05) is 154 Å². The molecule has 0 aliphatic rings. The number of rotatable bonds is 42. The maximum absolute atomic E-state index is 12.4. The Hall–Kier alpha value is -1.21. The van der Waals surface area contributed by atoms with Crippen molar-refractivity contribution in [2.45, 2.75) is 212 Å². The summed E-state index contributed by atoms with van der Waals surface area (Å²) >= 11 is 0. The van der Waals surface area contributed by atoms with Crippen molar-refractivity contribution in [3.8, 4) is 0 Å². The summed E-state index contributed by atoms with van der Waals surface area (Å²) < 4.78 is 18.2. The maximum atomic E-state index is 12.4. The van der Waals surface area contributed by atoms with Gasteiger partial charge in [0.2, 0.25) is 5.91 Å². The van der Waals surface area contributed by atoms with E-state index in [1.807, 2.05) is 0 Å². The molecule has 0 rings (SSSR count). The zero-order chi connectivity index (χ0) is 37.3. The van der Waals surface area contributed by atoms with Gasteiger partial charge in [-0.3, -0.25) is 4.79 Å². The highest BCUT2D eigenvalue weighted by Crippen LogP contribution is 2.14. The fourth-order valence-electron chi connectivity index (χ4n) is 6.42. The molecule has 2 atom stereocenters. The normalized spacial score (nSPS) is 13.3. The van der Waals surface area contributed by atoms with E-state index in [1.54, 1.807) is 0 Å². The SMILES string of the molecule is CCCCCCCC/C=C\CCCCCCCCOC(COCCCN(C)C)C(OCCCCCCCC/C=C\CCCCCCCC)C(N)=O. The van der Waals surface area contributed by atoms with Gasteiger partial charge in [-0.15, -0.1) is 0 Å². The van der Waals surface area contributed by atoms with Crippen LogP contribution in [0.2, 0.25) is 0 Å². The first-order chi connectivity index (χ1) is 25.0. The minimum atomic E-state index is -0.768. The van der Waals surface area contributed by atoms with Crippen LogP contribution in [0, 0.1) is 0 Å². The molecule has 0 aromatic carbocycles. The highest BCUT2D eigenvalue weighted by Gasteiger charge is 2.28. The molecule has 0 saturated carbocycles. The van der Waals surface area contributed by atoms with E-state index in [0.29, 0.717) is 26.4 Å². The van der Waals surface area contributed by atoms with Gasteiger partial charge >= 0.3 is 0 Å². The Bertz CT molecular complexity index is 756. The standard InChI is InChI=1S/C45H88N2O4/c1-5-7-9-11-13-15-17-19-21-23-25-27-29-31-33-35-40-50-43(42-49-39-37-38-47(3)4)44(45(46)48)51-41-36-34-32-30-28-26-24-22-20-18-16-14-12-10-8-6-2/h19-22,43-44H,5-18,23-42H2,1-4H3,(H2,46,48)/b21-19-,22-20-. The third kappa shape index (κ3) is 38.3. The molecule has 0 aliphatic carbocycles. The summed E-state index contributed by atoms with van der Waals surface area (Å²) in [6, 6.07) is 0. The summed E-state index contributed by atoms with van der Waals surface area (Å²) in [6.45, 7) is 7.62. The maximum Gasteiger partial charge on any atom is 0.249 e. The van der Waals surface area contributed by atoms with E-state index < -0.39 is 18.1 Å². The molecule has 6 heteroatoms. The van der Waals surface area contributed by atoms with Crippen molar-refractivity contribution < 1.29 is 19.0 Å². The van der Waals surface area contributed by atoms with Crippen LogP contribution < -0.4 is 5.73 Å². The first-order valence-corrected chi connectivity index (χ1v) is 22.1. The number of ether oxygens (including phenoxy) is 3. The van der Waals surface area contributed by atoms with Crippen LogP contribution in [0.4, 0.5) is 0 Å². The van der Waals surface area contributed by atoms with Gasteiger partial charge in [-0.25, -0.2) is 0 Å². The lowest BCUT2D eigenvalue weighted by Crippen LogP contribution is -2.45. The third-order valence-electron chi connectivity index (χ3n) is 9.74. The number of carbonyl (C=O) groups is 1. The predicted molar refractivity (Wildman–Crippen MR) is 222 cm³/mol. The van der Waals surface area contributed by atoms with Crippen LogP contribution in [0.25, 0.3) is 0 Å². The van der Waals surface area contributed by atoms with E-state index in [4.69, 9.17) is 19.9 Å². The third-order valence-corrected chi connectivity index (χ3v) is 9.74. The summed E-state index contributed by atoms with van der Waals surface area (Å²) in [5.41, 5.74) is 5.83. The number of carbonyl (C=O) groups excluding carboxylic acids is 1. The number of hydrogen-bond donors (Lipinski definition) is 1. The minimum absolute atomic E-state index is 0.334. The molecule has 0 heterocycles. The quantitative estimate of drug-likeness (QED) is 0.0502. The summed E-state index contributed by atoms with van der Waals surface area (Å²) in [4.78, 5) is 14.6. The van der Waals surface area contributed by atoms with E-state index in [1.165, 1.54) is 154 Å². The molecule has 0 saturated heterocycles. The molecule has 0 radical (unpaired) electrons. The lowest BCUT2D eigenvalue weighted by Gasteiger charge is -2.25. The molecule has 2 N–H and O–H groups in total. The zero-order valence-corrected chi connectivity index (χ0v) is 34.7. The van der Waals surface area contributed by atoms with Crippen molar-refractivity contribution in [1.29, 1.82) is 0 Å². The topological polar surface area (TPSA) is 74.0 Å². The highest BCUT2D eigenvalue weighted by molar-refractivity contribution is 5.79. The molecule has 0 aromatic rings. The van der Waals surface area contributed by atoms with Crippen LogP contribution in [0.5, 0.6) is 0 Å². The molecule has 6 nitrogen and oxygen atoms in total. The largest absolute Gasteiger partial charge is 0.379 e. The molecule has 1 amide bonds. The summed E-state index contributed by atoms with van der Waals surface area (Å²) in [5.74, 6) is -0.456. The molecule has 302 valence electrons. The predicted octanol–water partition coefficient (Wildman–Crippen LogP) is 12.3. The number of primary amides is 1. The average molecular weight is 721 g/mol. The monoisotopic (exact) mass is 721 g/mol. The van der Waals surface area contributed by atoms with Crippen LogP contribution in [0.1, 0.15) is 200 Å². The number of hydrogen-bond acceptors (Lipinski definition) is 5. The zero-order valence-electron chi connectivity index (χ0n) is 34.7. The van der Waals surface area contributed by atoms with Gasteiger partial charge in [-0.2, -0.15) is 0 Å². The second-order valence-corrected chi connectivity index (χ2v) is 15.2. The van der Waals surface area contributed by atoms with Crippen LogP contribution in [-0.2, 0) is 19.0 Å². The number of allylic oxidation sites excluding steroid dienone is 4. The van der Waals surface area contributed by atoms with Crippen LogP contribution in [-0.4, -0.2) is 70.1 Å². The van der Waals surface area contributed by atoms with Crippen molar-refractivity contribution in [1.82, 2.24) is 4.90 Å². The number of unbranched alkanes of at least 4 members (excludes halogenated alkanes) is 24. The van der Waals surface area contributed by atoms with Crippen molar-refractivity contribution >= 4 is 5.91 Å². The smallest absolute Gasteiger partial charge is 0.249 e. The van der Waals surface area contributed by atoms with E-state index in [9.17, 15) is 4.79 Å². The van der Waals surface area contributed by atoms with Crippen LogP contribution >= 0.6 is 0 Å². The number of amides is 1. The summed E-state index contributed by atoms with van der Waals surface area (Å²) in [5, 5.41) is 0. The van der Waals surface area contributed by atoms with Crippen LogP contribution in [0.15, 0.2) is 24.3 Å². The van der Waals surface area contributed by atoms with E-state index >= 15 is 0 Å². The molecular formula is C45H88N2O4. The Kier molecular flexibility index (Phi) is 40.6. The molecule has 0 bridgehead atoms. The molecule has 51 heavy (non-hydrogen) atoms. The second-order valence-electron chi connectivity index (χ2n) is 15.2. The Morgan fingerprint density at radius 1 is 0.510 bits per heavy atom. The summed E-state index contributed by atoms with van der Waals surface area (Å²) in [7, 11) is 4.13. The van der Waals surface area contributed by atoms with Crippen molar-refractivity contribution in [3.05, 3.63) is 24.3 Å². The molecule has 0 spiro atoms. The highest BCUT2D eigenvalue weighted by atomic mass is 16.6. The molecule has 0 aliphatic heterocycles. The van der Waals surface area contributed by atoms with E-state index in [0.717, 1.165) is 38.6 Å². The second kappa shape index (κ2) is 41.5. The molecule has 0 aromatic heterocycles. The van der Waals surface area contributed by atoms with Gasteiger partial charge in [-0.05, 0) is 91.3 Å². The first-order valence-electron chi connectivity index (χ1n) is 22.1. The number of nitrogens with zero attached hydrogens (tertiary/aromatic N) is 1. The van der Waals surface area contributed by atoms with Crippen molar-refractivity contribution in [2.75, 3.05) is 47.1 Å². The van der Waals surface area contributed by atoms with Crippen molar-refractivity contribution in [2.24, 2.45) is 5.73 Å². The van der Waals surface area contributed by atoms with Gasteiger partial charge in [0, 0.05) is 19.8 Å². The van der Waals surface area contributed by atoms with Gasteiger partial charge in [0.05, 0.1) is 6.61 Å². The lowest BCUT2D eigenvalue weighted by molar-refractivity contribution is -0.148. The van der Waals surface area contributed by atoms with E-state index in [2.05, 4.69) is 57.1 Å². The Labute approximate surface area is 318 Å². The van der Waals surface area contributed by atoms with Gasteiger partial charge < -0.3 is 24.8 Å². The fraction of sp³-hybridized carbons (Fsp3) is 0.889. The van der Waals surface area contributed by atoms with E-state index in [-0.39, 0.29) is 0 Å².